The van der Waals surface area contributed by atoms with Crippen molar-refractivity contribution in [1.29, 1.82) is 0 Å². The van der Waals surface area contributed by atoms with Crippen LogP contribution in [0.4, 0.5) is 0 Å². The summed E-state index contributed by atoms with van der Waals surface area (Å²) >= 11 is 0. The molecule has 0 saturated carbocycles. The summed E-state index contributed by atoms with van der Waals surface area (Å²) in [4.78, 5) is 0. The van der Waals surface area contributed by atoms with E-state index in [9.17, 15) is 5.11 Å². The normalized spacial score (nSPS) is 15.4. The van der Waals surface area contributed by atoms with Gasteiger partial charge in [0.05, 0.1) is 6.10 Å². The first kappa shape index (κ1) is 24.9. The second-order valence-corrected chi connectivity index (χ2v) is 11.4. The number of hydrogen-bond acceptors (Lipinski definition) is 3. The molecule has 0 saturated heterocycles. The number of hydrogen-bond donors (Lipinski definition) is 1. The minimum Gasteiger partial charge on any atom is -0.467 e. The first-order chi connectivity index (χ1) is 14.0. The molecule has 0 heterocycles. The molecule has 0 radical (unpaired) electrons. The molecular weight excluding hydrogens is 391 g/mol. The topological polar surface area (TPSA) is 38.7 Å². The molecule has 2 aromatic carbocycles. The van der Waals surface area contributed by atoms with Gasteiger partial charge < -0.3 is 14.6 Å². The molecule has 3 nitrogen and oxygen atoms in total. The van der Waals surface area contributed by atoms with Crippen LogP contribution in [0.1, 0.15) is 82.7 Å². The molecule has 3 unspecified atom stereocenters. The van der Waals surface area contributed by atoms with Crippen LogP contribution in [0.3, 0.4) is 0 Å². The third-order valence-electron chi connectivity index (χ3n) is 5.53. The predicted octanol–water partition coefficient (Wildman–Crippen LogP) is 6.35. The highest BCUT2D eigenvalue weighted by Gasteiger charge is 2.34. The van der Waals surface area contributed by atoms with E-state index in [1.165, 1.54) is 22.0 Å². The molecule has 0 aliphatic heterocycles. The lowest BCUT2D eigenvalue weighted by Gasteiger charge is -2.35. The van der Waals surface area contributed by atoms with Crippen molar-refractivity contribution in [3.63, 3.8) is 0 Å². The van der Waals surface area contributed by atoms with Crippen molar-refractivity contribution in [3.05, 3.63) is 58.7 Å². The van der Waals surface area contributed by atoms with Gasteiger partial charge in [-0.25, -0.2) is 0 Å². The Kier molecular flexibility index (Phi) is 8.51. The first-order valence-corrected chi connectivity index (χ1v) is 11.9. The molecule has 0 aromatic heterocycles. The van der Waals surface area contributed by atoms with Gasteiger partial charge in [0.15, 0.2) is 6.79 Å². The van der Waals surface area contributed by atoms with Crippen LogP contribution >= 0.6 is 8.58 Å². The Bertz CT molecular complexity index is 839. The van der Waals surface area contributed by atoms with Crippen molar-refractivity contribution in [2.24, 2.45) is 0 Å². The van der Waals surface area contributed by atoms with Gasteiger partial charge in [-0.2, -0.15) is 0 Å². The van der Waals surface area contributed by atoms with Crippen molar-refractivity contribution >= 4 is 13.9 Å². The summed E-state index contributed by atoms with van der Waals surface area (Å²) in [6.45, 7) is 15.5. The Morgan fingerprint density at radius 2 is 1.70 bits per heavy atom. The second-order valence-electron chi connectivity index (χ2n) is 9.46. The zero-order valence-electron chi connectivity index (χ0n) is 19.9. The molecule has 0 aliphatic carbocycles. The minimum absolute atomic E-state index is 0.0440. The Morgan fingerprint density at radius 1 is 1.07 bits per heavy atom. The Hall–Kier alpha value is -1.41. The van der Waals surface area contributed by atoms with Crippen molar-refractivity contribution in [3.8, 4) is 5.75 Å². The average Bonchev–Trinajstić information content (AvgIpc) is 2.66. The van der Waals surface area contributed by atoms with Crippen LogP contribution in [-0.4, -0.2) is 19.0 Å². The van der Waals surface area contributed by atoms with Gasteiger partial charge in [0.25, 0.3) is 0 Å². The van der Waals surface area contributed by atoms with E-state index in [1.54, 1.807) is 7.11 Å². The maximum atomic E-state index is 10.3. The van der Waals surface area contributed by atoms with Gasteiger partial charge in [-0.15, -0.1) is 0 Å². The molecular formula is C26H39O3P. The maximum Gasteiger partial charge on any atom is 0.188 e. The Morgan fingerprint density at radius 3 is 2.27 bits per heavy atom. The van der Waals surface area contributed by atoms with Crippen LogP contribution in [0.5, 0.6) is 5.75 Å². The molecule has 0 spiro atoms. The van der Waals surface area contributed by atoms with E-state index < -0.39 is 6.10 Å². The highest BCUT2D eigenvalue weighted by Crippen LogP contribution is 2.51. The average molecular weight is 431 g/mol. The monoisotopic (exact) mass is 430 g/mol. The van der Waals surface area contributed by atoms with E-state index >= 15 is 0 Å². The van der Waals surface area contributed by atoms with Crippen molar-refractivity contribution in [1.82, 2.24) is 0 Å². The molecule has 0 amide bonds. The first-order valence-electron chi connectivity index (χ1n) is 10.9. The highest BCUT2D eigenvalue weighted by atomic mass is 31.1. The van der Waals surface area contributed by atoms with E-state index in [4.69, 9.17) is 9.47 Å². The van der Waals surface area contributed by atoms with E-state index in [1.807, 2.05) is 19.1 Å². The summed E-state index contributed by atoms with van der Waals surface area (Å²) in [6, 6.07) is 12.8. The van der Waals surface area contributed by atoms with Gasteiger partial charge in [-0.3, -0.25) is 0 Å². The maximum absolute atomic E-state index is 10.3. The quantitative estimate of drug-likeness (QED) is 0.372. The van der Waals surface area contributed by atoms with E-state index in [0.29, 0.717) is 8.58 Å². The van der Waals surface area contributed by atoms with E-state index in [0.717, 1.165) is 24.2 Å². The summed E-state index contributed by atoms with van der Waals surface area (Å²) < 4.78 is 11.5. The fourth-order valence-electron chi connectivity index (χ4n) is 4.05. The van der Waals surface area contributed by atoms with E-state index in [2.05, 4.69) is 65.8 Å². The number of aliphatic hydroxyl groups excluding tert-OH is 1. The van der Waals surface area contributed by atoms with Crippen molar-refractivity contribution < 1.29 is 14.6 Å². The van der Waals surface area contributed by atoms with Crippen LogP contribution in [-0.2, 0) is 15.3 Å². The van der Waals surface area contributed by atoms with Gasteiger partial charge >= 0.3 is 0 Å². The number of ether oxygens (including phenoxy) is 2. The lowest BCUT2D eigenvalue weighted by atomic mass is 9.81. The van der Waals surface area contributed by atoms with Gasteiger partial charge in [-0.1, -0.05) is 91.6 Å². The molecule has 0 fully saturated rings. The van der Waals surface area contributed by atoms with Gasteiger partial charge in [0.2, 0.25) is 0 Å². The highest BCUT2D eigenvalue weighted by molar-refractivity contribution is 7.48. The third-order valence-corrected chi connectivity index (χ3v) is 7.32. The number of methoxy groups -OCH3 is 1. The van der Waals surface area contributed by atoms with Crippen LogP contribution in [0, 0.1) is 6.92 Å². The number of rotatable bonds is 9. The molecule has 3 atom stereocenters. The zero-order valence-corrected chi connectivity index (χ0v) is 20.9. The lowest BCUT2D eigenvalue weighted by molar-refractivity contribution is 0.0486. The number of benzene rings is 2. The lowest BCUT2D eigenvalue weighted by Crippen LogP contribution is -2.25. The molecule has 166 valence electrons. The number of aliphatic hydroxyl groups is 1. The standard InChI is InChI=1S/C26H39O3P/c1-9-14-26(7,30-23-13-11-10-12-20(23)19(3)27)22-16-18(2)15-21(25(4,5)6)24(22)29-17-28-8/h10-13,15-16,19,27,30H,9,14,17H2,1-8H3. The second kappa shape index (κ2) is 10.3. The van der Waals surface area contributed by atoms with Crippen LogP contribution in [0.2, 0.25) is 0 Å². The Balaban J connectivity index is 2.70. The van der Waals surface area contributed by atoms with Crippen LogP contribution in [0.25, 0.3) is 0 Å². The predicted molar refractivity (Wildman–Crippen MR) is 130 cm³/mol. The van der Waals surface area contributed by atoms with E-state index in [-0.39, 0.29) is 17.4 Å². The fraction of sp³-hybridized carbons (Fsp3) is 0.538. The zero-order chi connectivity index (χ0) is 22.5. The largest absolute Gasteiger partial charge is 0.467 e. The van der Waals surface area contributed by atoms with Gasteiger partial charge in [-0.05, 0) is 36.6 Å². The summed E-state index contributed by atoms with van der Waals surface area (Å²) in [7, 11) is 2.18. The molecule has 0 aliphatic rings. The summed E-state index contributed by atoms with van der Waals surface area (Å²) in [6.07, 6.45) is 1.63. The molecule has 0 bridgehead atoms. The smallest absolute Gasteiger partial charge is 0.188 e. The summed E-state index contributed by atoms with van der Waals surface area (Å²) in [5.74, 6) is 0.952. The molecule has 4 heteroatoms. The Labute approximate surface area is 185 Å². The molecule has 2 rings (SSSR count). The SMILES string of the molecule is CCCC(C)(Pc1ccccc1C(C)O)c1cc(C)cc(C(C)(C)C)c1OCOC. The van der Waals surface area contributed by atoms with Crippen LogP contribution < -0.4 is 10.0 Å². The fourth-order valence-corrected chi connectivity index (χ4v) is 5.96. The summed E-state index contributed by atoms with van der Waals surface area (Å²) in [5, 5.41) is 11.5. The van der Waals surface area contributed by atoms with Gasteiger partial charge in [0, 0.05) is 23.4 Å². The summed E-state index contributed by atoms with van der Waals surface area (Å²) in [5.41, 5.74) is 4.67. The van der Waals surface area contributed by atoms with Crippen molar-refractivity contribution in [2.75, 3.05) is 13.9 Å². The van der Waals surface area contributed by atoms with Crippen LogP contribution in [0.15, 0.2) is 36.4 Å². The molecule has 30 heavy (non-hydrogen) atoms. The third kappa shape index (κ3) is 5.84. The molecule has 1 N–H and O–H groups in total. The minimum atomic E-state index is -0.480. The number of aryl methyl sites for hydroxylation is 1. The molecule has 2 aromatic rings. The van der Waals surface area contributed by atoms with Crippen molar-refractivity contribution in [2.45, 2.75) is 78.0 Å². The van der Waals surface area contributed by atoms with Gasteiger partial charge in [0.1, 0.15) is 5.75 Å².